The van der Waals surface area contributed by atoms with E-state index in [-0.39, 0.29) is 5.82 Å². The second-order valence-corrected chi connectivity index (χ2v) is 5.13. The Kier molecular flexibility index (Phi) is 5.80. The number of thiocarbonyl (C=S) groups is 1. The first-order chi connectivity index (χ1) is 7.99. The Morgan fingerprint density at radius 3 is 2.76 bits per heavy atom. The number of hydrogen-bond donors (Lipinski definition) is 2. The van der Waals surface area contributed by atoms with Gasteiger partial charge in [0.15, 0.2) is 5.11 Å². The van der Waals surface area contributed by atoms with E-state index in [0.29, 0.717) is 15.3 Å². The minimum absolute atomic E-state index is 0.337. The van der Waals surface area contributed by atoms with Gasteiger partial charge in [0.1, 0.15) is 5.82 Å². The van der Waals surface area contributed by atoms with Gasteiger partial charge in [-0.1, -0.05) is 15.9 Å². The average molecular weight is 320 g/mol. The maximum atomic E-state index is 13.5. The summed E-state index contributed by atoms with van der Waals surface area (Å²) < 4.78 is 14.2. The summed E-state index contributed by atoms with van der Waals surface area (Å²) >= 11 is 8.26. The Bertz CT molecular complexity index is 398. The highest BCUT2D eigenvalue weighted by Gasteiger charge is 2.04. The largest absolute Gasteiger partial charge is 0.361 e. The molecule has 0 atom stereocenters. The molecule has 0 unspecified atom stereocenters. The fraction of sp³-hybridized carbons (Fsp3) is 0.364. The first-order valence-electron chi connectivity index (χ1n) is 5.13. The maximum absolute atomic E-state index is 13.5. The molecule has 0 heterocycles. The zero-order chi connectivity index (χ0) is 12.8. The van der Waals surface area contributed by atoms with Crippen molar-refractivity contribution in [3.05, 3.63) is 28.5 Å². The van der Waals surface area contributed by atoms with Crippen molar-refractivity contribution in [1.82, 2.24) is 10.2 Å². The van der Waals surface area contributed by atoms with Crippen molar-refractivity contribution in [2.24, 2.45) is 0 Å². The molecule has 94 valence electrons. The summed E-state index contributed by atoms with van der Waals surface area (Å²) in [5.41, 5.74) is 0.371. The fourth-order valence-electron chi connectivity index (χ4n) is 1.15. The normalized spacial score (nSPS) is 10.4. The molecule has 1 rings (SSSR count). The fourth-order valence-corrected chi connectivity index (χ4v) is 1.70. The van der Waals surface area contributed by atoms with E-state index in [2.05, 4.69) is 26.6 Å². The molecule has 0 aromatic heterocycles. The zero-order valence-corrected chi connectivity index (χ0v) is 12.2. The number of nitrogens with zero attached hydrogens (tertiary/aromatic N) is 1. The third-order valence-corrected chi connectivity index (χ3v) is 2.76. The van der Waals surface area contributed by atoms with Crippen molar-refractivity contribution in [3.8, 4) is 0 Å². The predicted molar refractivity (Wildman–Crippen MR) is 76.9 cm³/mol. The van der Waals surface area contributed by atoms with Gasteiger partial charge in [-0.2, -0.15) is 0 Å². The van der Waals surface area contributed by atoms with Crippen LogP contribution in [-0.2, 0) is 0 Å². The molecule has 3 nitrogen and oxygen atoms in total. The molecule has 17 heavy (non-hydrogen) atoms. The van der Waals surface area contributed by atoms with Crippen LogP contribution in [0.25, 0.3) is 0 Å². The topological polar surface area (TPSA) is 27.3 Å². The predicted octanol–water partition coefficient (Wildman–Crippen LogP) is 2.44. The van der Waals surface area contributed by atoms with Crippen LogP contribution < -0.4 is 10.6 Å². The lowest BCUT2D eigenvalue weighted by atomic mass is 10.3. The summed E-state index contributed by atoms with van der Waals surface area (Å²) in [6, 6.07) is 4.79. The van der Waals surface area contributed by atoms with E-state index in [1.807, 2.05) is 19.0 Å². The van der Waals surface area contributed by atoms with Crippen LogP contribution in [-0.4, -0.2) is 37.2 Å². The van der Waals surface area contributed by atoms with Crippen molar-refractivity contribution in [3.63, 3.8) is 0 Å². The molecular formula is C11H15BrFN3S. The van der Waals surface area contributed by atoms with Crippen LogP contribution in [0.2, 0.25) is 0 Å². The highest BCUT2D eigenvalue weighted by molar-refractivity contribution is 9.10. The van der Waals surface area contributed by atoms with E-state index in [9.17, 15) is 4.39 Å². The number of rotatable bonds is 4. The number of anilines is 1. The Labute approximate surface area is 115 Å². The first-order valence-corrected chi connectivity index (χ1v) is 6.34. The number of halogens is 2. The molecule has 0 aliphatic rings. The van der Waals surface area contributed by atoms with Gasteiger partial charge in [0.25, 0.3) is 0 Å². The standard InChI is InChI=1S/C11H15BrFN3S/c1-16(2)6-5-14-11(17)15-10-4-3-8(12)7-9(10)13/h3-4,7H,5-6H2,1-2H3,(H2,14,15,17). The Morgan fingerprint density at radius 1 is 1.47 bits per heavy atom. The monoisotopic (exact) mass is 319 g/mol. The Hall–Kier alpha value is -0.720. The second kappa shape index (κ2) is 6.88. The Morgan fingerprint density at radius 2 is 2.18 bits per heavy atom. The smallest absolute Gasteiger partial charge is 0.170 e. The molecule has 0 saturated heterocycles. The van der Waals surface area contributed by atoms with Crippen molar-refractivity contribution >= 4 is 38.9 Å². The van der Waals surface area contributed by atoms with Gasteiger partial charge in [0.05, 0.1) is 5.69 Å². The molecule has 0 saturated carbocycles. The van der Waals surface area contributed by atoms with Gasteiger partial charge in [0, 0.05) is 17.6 Å². The van der Waals surface area contributed by atoms with E-state index >= 15 is 0 Å². The lowest BCUT2D eigenvalue weighted by Crippen LogP contribution is -2.34. The van der Waals surface area contributed by atoms with Crippen LogP contribution in [0.3, 0.4) is 0 Å². The molecule has 0 fully saturated rings. The molecule has 1 aromatic rings. The minimum atomic E-state index is -0.337. The van der Waals surface area contributed by atoms with E-state index in [1.165, 1.54) is 6.07 Å². The van der Waals surface area contributed by atoms with Gasteiger partial charge in [-0.05, 0) is 44.5 Å². The van der Waals surface area contributed by atoms with E-state index < -0.39 is 0 Å². The molecule has 0 radical (unpaired) electrons. The maximum Gasteiger partial charge on any atom is 0.170 e. The highest BCUT2D eigenvalue weighted by atomic mass is 79.9. The van der Waals surface area contributed by atoms with E-state index in [0.717, 1.165) is 13.1 Å². The molecule has 0 bridgehead atoms. The summed E-state index contributed by atoms with van der Waals surface area (Å²) in [5.74, 6) is -0.337. The van der Waals surface area contributed by atoms with Crippen molar-refractivity contribution in [2.75, 3.05) is 32.5 Å². The Balaban J connectivity index is 2.45. The lowest BCUT2D eigenvalue weighted by molar-refractivity contribution is 0.413. The van der Waals surface area contributed by atoms with Crippen LogP contribution in [0, 0.1) is 5.82 Å². The molecule has 0 spiro atoms. The third kappa shape index (κ3) is 5.43. The average Bonchev–Trinajstić information content (AvgIpc) is 2.21. The number of benzene rings is 1. The van der Waals surface area contributed by atoms with Gasteiger partial charge < -0.3 is 15.5 Å². The molecule has 0 aliphatic heterocycles. The highest BCUT2D eigenvalue weighted by Crippen LogP contribution is 2.19. The summed E-state index contributed by atoms with van der Waals surface area (Å²) in [5, 5.41) is 6.25. The summed E-state index contributed by atoms with van der Waals surface area (Å²) in [6.07, 6.45) is 0. The van der Waals surface area contributed by atoms with Crippen LogP contribution in [0.15, 0.2) is 22.7 Å². The molecule has 0 amide bonds. The van der Waals surface area contributed by atoms with Crippen LogP contribution in [0.1, 0.15) is 0 Å². The summed E-state index contributed by atoms with van der Waals surface area (Å²) in [7, 11) is 3.96. The quantitative estimate of drug-likeness (QED) is 0.834. The van der Waals surface area contributed by atoms with Gasteiger partial charge in [-0.25, -0.2) is 4.39 Å². The second-order valence-electron chi connectivity index (χ2n) is 3.81. The molecular weight excluding hydrogens is 305 g/mol. The minimum Gasteiger partial charge on any atom is -0.361 e. The van der Waals surface area contributed by atoms with Gasteiger partial charge in [-0.15, -0.1) is 0 Å². The summed E-state index contributed by atoms with van der Waals surface area (Å²) in [6.45, 7) is 1.58. The van der Waals surface area contributed by atoms with E-state index in [4.69, 9.17) is 12.2 Å². The molecule has 0 aliphatic carbocycles. The van der Waals surface area contributed by atoms with Crippen molar-refractivity contribution in [2.45, 2.75) is 0 Å². The van der Waals surface area contributed by atoms with E-state index in [1.54, 1.807) is 12.1 Å². The van der Waals surface area contributed by atoms with Gasteiger partial charge in [0.2, 0.25) is 0 Å². The zero-order valence-electron chi connectivity index (χ0n) is 9.76. The van der Waals surface area contributed by atoms with Crippen LogP contribution in [0.5, 0.6) is 0 Å². The SMILES string of the molecule is CN(C)CCNC(=S)Nc1ccc(Br)cc1F. The van der Waals surface area contributed by atoms with Crippen molar-refractivity contribution < 1.29 is 4.39 Å². The molecule has 2 N–H and O–H groups in total. The van der Waals surface area contributed by atoms with Crippen LogP contribution in [0.4, 0.5) is 10.1 Å². The first kappa shape index (κ1) is 14.3. The van der Waals surface area contributed by atoms with Gasteiger partial charge in [-0.3, -0.25) is 0 Å². The number of likely N-dealkylation sites (N-methyl/N-ethyl adjacent to an activating group) is 1. The number of hydrogen-bond acceptors (Lipinski definition) is 2. The molecule has 6 heteroatoms. The van der Waals surface area contributed by atoms with Crippen LogP contribution >= 0.6 is 28.1 Å². The number of nitrogens with one attached hydrogen (secondary N) is 2. The molecule has 1 aromatic carbocycles. The summed E-state index contributed by atoms with van der Waals surface area (Å²) in [4.78, 5) is 2.04. The van der Waals surface area contributed by atoms with Crippen molar-refractivity contribution in [1.29, 1.82) is 0 Å². The lowest BCUT2D eigenvalue weighted by Gasteiger charge is -2.13. The van der Waals surface area contributed by atoms with Gasteiger partial charge >= 0.3 is 0 Å². The third-order valence-electron chi connectivity index (χ3n) is 2.02.